The van der Waals surface area contributed by atoms with E-state index in [2.05, 4.69) is 40.7 Å². The van der Waals surface area contributed by atoms with Crippen molar-refractivity contribution in [3.05, 3.63) is 11.6 Å². The number of rotatable bonds is 5. The van der Waals surface area contributed by atoms with Gasteiger partial charge in [0, 0.05) is 0 Å². The first kappa shape index (κ1) is 20.0. The normalized spacial score (nSPS) is 46.6. The van der Waals surface area contributed by atoms with Gasteiger partial charge in [-0.05, 0) is 104 Å². The zero-order chi connectivity index (χ0) is 19.2. The van der Waals surface area contributed by atoms with Gasteiger partial charge in [-0.25, -0.2) is 0 Å². The van der Waals surface area contributed by atoms with Gasteiger partial charge < -0.3 is 0 Å². The van der Waals surface area contributed by atoms with Crippen LogP contribution in [0, 0.1) is 46.3 Å². The number of hydrogen-bond donors (Lipinski definition) is 0. The molecule has 3 fully saturated rings. The second-order valence-electron chi connectivity index (χ2n) is 12.1. The predicted molar refractivity (Wildman–Crippen MR) is 118 cm³/mol. The van der Waals surface area contributed by atoms with Crippen LogP contribution in [0.3, 0.4) is 0 Å². The van der Waals surface area contributed by atoms with Gasteiger partial charge in [-0.3, -0.25) is 0 Å². The highest BCUT2D eigenvalue weighted by Crippen LogP contribution is 2.67. The van der Waals surface area contributed by atoms with Gasteiger partial charge in [0.15, 0.2) is 0 Å². The number of fused-ring (bicyclic) bond motifs is 5. The maximum atomic E-state index is 2.75. The van der Waals surface area contributed by atoms with Crippen LogP contribution in [0.2, 0.25) is 0 Å². The highest BCUT2D eigenvalue weighted by Gasteiger charge is 2.58. The summed E-state index contributed by atoms with van der Waals surface area (Å²) in [5.74, 6) is 5.88. The lowest BCUT2D eigenvalue weighted by molar-refractivity contribution is -0.0450. The molecule has 0 saturated heterocycles. The lowest BCUT2D eigenvalue weighted by Gasteiger charge is -2.58. The first-order valence-electron chi connectivity index (χ1n) is 12.5. The van der Waals surface area contributed by atoms with Crippen molar-refractivity contribution in [2.45, 2.75) is 112 Å². The van der Waals surface area contributed by atoms with Crippen LogP contribution < -0.4 is 0 Å². The topological polar surface area (TPSA) is 0 Å². The lowest BCUT2D eigenvalue weighted by atomic mass is 9.47. The van der Waals surface area contributed by atoms with Gasteiger partial charge in [0.1, 0.15) is 0 Å². The molecule has 3 saturated carbocycles. The van der Waals surface area contributed by atoms with Gasteiger partial charge in [0.25, 0.3) is 0 Å². The highest BCUT2D eigenvalue weighted by molar-refractivity contribution is 5.24. The average Bonchev–Trinajstić information content (AvgIpc) is 2.96. The van der Waals surface area contributed by atoms with E-state index >= 15 is 0 Å². The summed E-state index contributed by atoms with van der Waals surface area (Å²) in [7, 11) is 0. The summed E-state index contributed by atoms with van der Waals surface area (Å²) in [6, 6.07) is 0. The number of hydrogen-bond acceptors (Lipinski definition) is 0. The van der Waals surface area contributed by atoms with E-state index in [0.29, 0.717) is 10.8 Å². The monoisotopic (exact) mass is 370 g/mol. The minimum absolute atomic E-state index is 0.562. The molecule has 0 aromatic carbocycles. The van der Waals surface area contributed by atoms with Crippen LogP contribution in [0.5, 0.6) is 0 Å². The fourth-order valence-corrected chi connectivity index (χ4v) is 8.37. The minimum atomic E-state index is 0.562. The summed E-state index contributed by atoms with van der Waals surface area (Å²) in [6.45, 7) is 12.6. The Balaban J connectivity index is 1.46. The molecule has 154 valence electrons. The molecule has 0 bridgehead atoms. The minimum Gasteiger partial charge on any atom is -0.0845 e. The van der Waals surface area contributed by atoms with Crippen molar-refractivity contribution in [2.24, 2.45) is 46.3 Å². The zero-order valence-electron chi connectivity index (χ0n) is 19.0. The van der Waals surface area contributed by atoms with Crippen molar-refractivity contribution >= 4 is 0 Å². The van der Waals surface area contributed by atoms with Crippen molar-refractivity contribution in [1.29, 1.82) is 0 Å². The molecule has 0 radical (unpaired) electrons. The van der Waals surface area contributed by atoms with Crippen LogP contribution in [-0.2, 0) is 0 Å². The van der Waals surface area contributed by atoms with Gasteiger partial charge in [0.05, 0.1) is 0 Å². The molecule has 4 aliphatic carbocycles. The third-order valence-corrected chi connectivity index (χ3v) is 10.1. The molecule has 0 aromatic heterocycles. The standard InChI is InChI=1S/C27H46/c1-19(2)8-6-7-9-21-11-13-24-23-12-10-22-18-20(3)14-16-27(22,5)25(23)15-17-26(21,24)4/h10,19-21,23-25H,6-9,11-18H2,1-5H3/t20?,21?,23-,24?,25?,26+,27-/m0/s1. The molecule has 4 aliphatic rings. The quantitative estimate of drug-likeness (QED) is 0.336. The molecule has 0 heterocycles. The summed E-state index contributed by atoms with van der Waals surface area (Å²) in [5, 5.41) is 0. The largest absolute Gasteiger partial charge is 0.0845 e. The second kappa shape index (κ2) is 7.53. The van der Waals surface area contributed by atoms with Crippen molar-refractivity contribution in [3.63, 3.8) is 0 Å². The SMILES string of the molecule is CC(C)CCCCC1CCC2[C@@H]3CC=C4CC(C)CC[C@]4(C)C3CC[C@]12C. The Kier molecular flexibility index (Phi) is 5.59. The summed E-state index contributed by atoms with van der Waals surface area (Å²) < 4.78 is 0. The molecule has 7 atom stereocenters. The average molecular weight is 371 g/mol. The van der Waals surface area contributed by atoms with Crippen LogP contribution in [-0.4, -0.2) is 0 Å². The zero-order valence-corrected chi connectivity index (χ0v) is 19.0. The van der Waals surface area contributed by atoms with Crippen LogP contribution in [0.4, 0.5) is 0 Å². The molecule has 0 spiro atoms. The Morgan fingerprint density at radius 2 is 1.81 bits per heavy atom. The molecule has 0 nitrogen and oxygen atoms in total. The van der Waals surface area contributed by atoms with Crippen LogP contribution in [0.15, 0.2) is 11.6 Å². The van der Waals surface area contributed by atoms with Crippen molar-refractivity contribution in [1.82, 2.24) is 0 Å². The van der Waals surface area contributed by atoms with Gasteiger partial charge in [-0.15, -0.1) is 0 Å². The molecule has 4 rings (SSSR count). The summed E-state index contributed by atoms with van der Waals surface area (Å²) in [4.78, 5) is 0. The Bertz CT molecular complexity index is 556. The van der Waals surface area contributed by atoms with Gasteiger partial charge in [-0.2, -0.15) is 0 Å². The fraction of sp³-hybridized carbons (Fsp3) is 0.926. The van der Waals surface area contributed by atoms with Crippen molar-refractivity contribution in [2.75, 3.05) is 0 Å². The van der Waals surface area contributed by atoms with E-state index in [9.17, 15) is 0 Å². The van der Waals surface area contributed by atoms with E-state index in [1.54, 1.807) is 6.42 Å². The van der Waals surface area contributed by atoms with E-state index in [1.807, 2.05) is 5.57 Å². The molecule has 27 heavy (non-hydrogen) atoms. The van der Waals surface area contributed by atoms with Gasteiger partial charge in [0.2, 0.25) is 0 Å². The first-order valence-corrected chi connectivity index (χ1v) is 12.5. The van der Waals surface area contributed by atoms with Crippen LogP contribution in [0.25, 0.3) is 0 Å². The van der Waals surface area contributed by atoms with E-state index in [0.717, 1.165) is 35.5 Å². The maximum absolute atomic E-state index is 2.75. The number of unbranched alkanes of at least 4 members (excludes halogenated alkanes) is 1. The van der Waals surface area contributed by atoms with Crippen molar-refractivity contribution in [3.8, 4) is 0 Å². The Labute approximate surface area is 170 Å². The molecule has 0 aromatic rings. The second-order valence-corrected chi connectivity index (χ2v) is 12.1. The third kappa shape index (κ3) is 3.46. The maximum Gasteiger partial charge on any atom is -0.00851 e. The Morgan fingerprint density at radius 1 is 1.00 bits per heavy atom. The van der Waals surface area contributed by atoms with Crippen LogP contribution in [0.1, 0.15) is 112 Å². The molecular weight excluding hydrogens is 324 g/mol. The van der Waals surface area contributed by atoms with E-state index in [1.165, 1.54) is 70.6 Å². The third-order valence-electron chi connectivity index (χ3n) is 10.1. The lowest BCUT2D eigenvalue weighted by Crippen LogP contribution is -2.49. The van der Waals surface area contributed by atoms with Crippen LogP contribution >= 0.6 is 0 Å². The smallest absolute Gasteiger partial charge is 0.00851 e. The summed E-state index contributed by atoms with van der Waals surface area (Å²) >= 11 is 0. The summed E-state index contributed by atoms with van der Waals surface area (Å²) in [5.41, 5.74) is 3.10. The molecule has 4 unspecified atom stereocenters. The van der Waals surface area contributed by atoms with E-state index in [4.69, 9.17) is 0 Å². The van der Waals surface area contributed by atoms with Crippen molar-refractivity contribution < 1.29 is 0 Å². The first-order chi connectivity index (χ1) is 12.8. The van der Waals surface area contributed by atoms with E-state index < -0.39 is 0 Å². The van der Waals surface area contributed by atoms with E-state index in [-0.39, 0.29) is 0 Å². The molecule has 0 amide bonds. The van der Waals surface area contributed by atoms with Gasteiger partial charge >= 0.3 is 0 Å². The fourth-order valence-electron chi connectivity index (χ4n) is 8.37. The number of allylic oxidation sites excluding steroid dienone is 2. The predicted octanol–water partition coefficient (Wildman–Crippen LogP) is 8.42. The Morgan fingerprint density at radius 3 is 2.59 bits per heavy atom. The summed E-state index contributed by atoms with van der Waals surface area (Å²) in [6.07, 6.45) is 20.6. The molecule has 0 N–H and O–H groups in total. The van der Waals surface area contributed by atoms with Gasteiger partial charge in [-0.1, -0.05) is 65.5 Å². The molecular formula is C27H46. The Hall–Kier alpha value is -0.260. The molecule has 0 aliphatic heterocycles. The highest BCUT2D eigenvalue weighted by atomic mass is 14.6. The molecule has 0 heteroatoms.